The highest BCUT2D eigenvalue weighted by molar-refractivity contribution is 7.89. The molecular weight excluding hydrogens is 539 g/mol. The number of aryl methyl sites for hydroxylation is 1. The molecule has 214 valence electrons. The molecule has 1 aliphatic rings. The number of carbonyl (C=O) groups is 1. The van der Waals surface area contributed by atoms with Crippen molar-refractivity contribution in [2.45, 2.75) is 75.3 Å². The molecule has 3 aromatic rings. The highest BCUT2D eigenvalue weighted by Crippen LogP contribution is 2.33. The van der Waals surface area contributed by atoms with Gasteiger partial charge in [-0.05, 0) is 74.1 Å². The Morgan fingerprint density at radius 2 is 1.70 bits per heavy atom. The van der Waals surface area contributed by atoms with E-state index < -0.39 is 32.7 Å². The van der Waals surface area contributed by atoms with Crippen molar-refractivity contribution in [3.8, 4) is 0 Å². The summed E-state index contributed by atoms with van der Waals surface area (Å²) in [6.07, 6.45) is -3.37. The molecule has 0 unspecified atom stereocenters. The number of amides is 1. The van der Waals surface area contributed by atoms with Crippen molar-refractivity contribution in [1.29, 1.82) is 0 Å². The fourth-order valence-electron chi connectivity index (χ4n) is 4.74. The zero-order valence-electron chi connectivity index (χ0n) is 22.7. The molecule has 10 heteroatoms. The van der Waals surface area contributed by atoms with Gasteiger partial charge >= 0.3 is 6.18 Å². The molecule has 40 heavy (non-hydrogen) atoms. The molecule has 0 saturated carbocycles. The predicted octanol–water partition coefficient (Wildman–Crippen LogP) is 5.81. The van der Waals surface area contributed by atoms with Crippen LogP contribution in [0, 0.1) is 0 Å². The topological polar surface area (TPSA) is 87.3 Å². The lowest BCUT2D eigenvalue weighted by Crippen LogP contribution is -2.35. The van der Waals surface area contributed by atoms with Gasteiger partial charge in [0.15, 0.2) is 0 Å². The normalized spacial score (nSPS) is 16.4. The number of hydrogen-bond acceptors (Lipinski definition) is 4. The Morgan fingerprint density at radius 3 is 2.38 bits per heavy atom. The average molecular weight is 574 g/mol. The van der Waals surface area contributed by atoms with Crippen LogP contribution < -0.4 is 15.4 Å². The highest BCUT2D eigenvalue weighted by Gasteiger charge is 2.33. The summed E-state index contributed by atoms with van der Waals surface area (Å²) in [6.45, 7) is 7.05. The van der Waals surface area contributed by atoms with Crippen molar-refractivity contribution in [2.75, 3.05) is 0 Å². The van der Waals surface area contributed by atoms with E-state index in [0.29, 0.717) is 11.6 Å². The molecule has 1 aliphatic carbocycles. The van der Waals surface area contributed by atoms with Gasteiger partial charge in [-0.15, -0.1) is 0 Å². The van der Waals surface area contributed by atoms with Crippen molar-refractivity contribution in [1.82, 2.24) is 15.4 Å². The molecule has 0 aromatic heterocycles. The van der Waals surface area contributed by atoms with E-state index in [1.807, 2.05) is 12.1 Å². The minimum Gasteiger partial charge on any atom is -0.349 e. The second kappa shape index (κ2) is 11.7. The Morgan fingerprint density at radius 1 is 0.975 bits per heavy atom. The third-order valence-electron chi connectivity index (χ3n) is 6.80. The second-order valence-electron chi connectivity index (χ2n) is 11.1. The van der Waals surface area contributed by atoms with Gasteiger partial charge in [0, 0.05) is 18.5 Å². The summed E-state index contributed by atoms with van der Waals surface area (Å²) in [6, 6.07) is 17.1. The van der Waals surface area contributed by atoms with E-state index in [0.717, 1.165) is 48.7 Å². The maximum Gasteiger partial charge on any atom is 0.416 e. The van der Waals surface area contributed by atoms with E-state index in [4.69, 9.17) is 0 Å². The minimum atomic E-state index is -4.69. The van der Waals surface area contributed by atoms with Crippen LogP contribution in [0.15, 0.2) is 77.7 Å². The third kappa shape index (κ3) is 7.71. The van der Waals surface area contributed by atoms with Crippen LogP contribution in [-0.4, -0.2) is 19.9 Å². The minimum absolute atomic E-state index is 0.00648. The van der Waals surface area contributed by atoms with Crippen molar-refractivity contribution in [2.24, 2.45) is 0 Å². The third-order valence-corrected chi connectivity index (χ3v) is 8.27. The summed E-state index contributed by atoms with van der Waals surface area (Å²) in [5, 5.41) is 6.50. The van der Waals surface area contributed by atoms with E-state index in [1.54, 1.807) is 30.3 Å². The van der Waals surface area contributed by atoms with Crippen LogP contribution in [0.25, 0.3) is 0 Å². The Kier molecular flexibility index (Phi) is 8.72. The zero-order chi connectivity index (χ0) is 29.1. The molecule has 1 amide bonds. The molecule has 0 heterocycles. The zero-order valence-corrected chi connectivity index (χ0v) is 23.5. The summed E-state index contributed by atoms with van der Waals surface area (Å²) in [5.41, 5.74) is 2.82. The van der Waals surface area contributed by atoms with Gasteiger partial charge < -0.3 is 10.6 Å². The lowest BCUT2D eigenvalue weighted by molar-refractivity contribution is -0.137. The van der Waals surface area contributed by atoms with Gasteiger partial charge in [-0.2, -0.15) is 13.2 Å². The van der Waals surface area contributed by atoms with Gasteiger partial charge in [0.1, 0.15) is 0 Å². The number of fused-ring (bicyclic) bond motifs is 1. The molecular formula is C30H34F3N3O3S. The van der Waals surface area contributed by atoms with E-state index in [-0.39, 0.29) is 23.9 Å². The summed E-state index contributed by atoms with van der Waals surface area (Å²) < 4.78 is 68.3. The van der Waals surface area contributed by atoms with Crippen LogP contribution in [0.1, 0.15) is 73.5 Å². The van der Waals surface area contributed by atoms with Crippen LogP contribution in [0.3, 0.4) is 0 Å². The Balaban J connectivity index is 1.49. The van der Waals surface area contributed by atoms with E-state index in [2.05, 4.69) is 42.2 Å². The molecule has 0 spiro atoms. The second-order valence-corrected chi connectivity index (χ2v) is 12.8. The standard InChI is InChI=1S/C30H34F3N3O3S/c1-29(2,3)34-19-20-12-14-25-22(16-20)13-15-26(25)35-28(37)18-27(21-8-5-4-6-9-21)36-40(38,39)24-11-7-10-23(17-24)30(31,32)33/h4-12,14,16-17,26-27,34,36H,13,15,18-19H2,1-3H3,(H,35,37)/t26-,27-/m1/s1. The molecule has 0 saturated heterocycles. The number of hydrogen-bond donors (Lipinski definition) is 3. The summed E-state index contributed by atoms with van der Waals surface area (Å²) >= 11 is 0. The van der Waals surface area contributed by atoms with Gasteiger partial charge in [0.25, 0.3) is 0 Å². The first-order chi connectivity index (χ1) is 18.7. The van der Waals surface area contributed by atoms with Crippen molar-refractivity contribution < 1.29 is 26.4 Å². The molecule has 0 fully saturated rings. The molecule has 2 atom stereocenters. The van der Waals surface area contributed by atoms with E-state index in [9.17, 15) is 26.4 Å². The van der Waals surface area contributed by atoms with Crippen molar-refractivity contribution >= 4 is 15.9 Å². The van der Waals surface area contributed by atoms with E-state index in [1.165, 1.54) is 5.56 Å². The SMILES string of the molecule is CC(C)(C)NCc1ccc2c(c1)CC[C@H]2NC(=O)C[C@@H](NS(=O)(=O)c1cccc(C(F)(F)F)c1)c1ccccc1. The van der Waals surface area contributed by atoms with Crippen LogP contribution in [-0.2, 0) is 34.0 Å². The molecule has 6 nitrogen and oxygen atoms in total. The van der Waals surface area contributed by atoms with Gasteiger partial charge in [-0.25, -0.2) is 13.1 Å². The number of halogens is 3. The largest absolute Gasteiger partial charge is 0.416 e. The van der Waals surface area contributed by atoms with Gasteiger partial charge in [-0.1, -0.05) is 54.6 Å². The fourth-order valence-corrected chi connectivity index (χ4v) is 6.01. The smallest absolute Gasteiger partial charge is 0.349 e. The fraction of sp³-hybridized carbons (Fsp3) is 0.367. The summed E-state index contributed by atoms with van der Waals surface area (Å²) in [7, 11) is -4.37. The summed E-state index contributed by atoms with van der Waals surface area (Å²) in [4.78, 5) is 12.7. The number of rotatable bonds is 9. The predicted molar refractivity (Wildman–Crippen MR) is 148 cm³/mol. The lowest BCUT2D eigenvalue weighted by Gasteiger charge is -2.22. The monoisotopic (exact) mass is 573 g/mol. The molecule has 4 rings (SSSR count). The maximum absolute atomic E-state index is 13.2. The molecule has 0 radical (unpaired) electrons. The number of benzene rings is 3. The highest BCUT2D eigenvalue weighted by atomic mass is 32.2. The first-order valence-electron chi connectivity index (χ1n) is 13.1. The van der Waals surface area contributed by atoms with Crippen LogP contribution in [0.4, 0.5) is 13.2 Å². The maximum atomic E-state index is 13.2. The van der Waals surface area contributed by atoms with Crippen molar-refractivity contribution in [3.63, 3.8) is 0 Å². The number of nitrogens with one attached hydrogen (secondary N) is 3. The molecule has 3 aromatic carbocycles. The van der Waals surface area contributed by atoms with Crippen LogP contribution in [0.5, 0.6) is 0 Å². The van der Waals surface area contributed by atoms with Gasteiger partial charge in [-0.3, -0.25) is 4.79 Å². The first kappa shape index (κ1) is 29.8. The number of alkyl halides is 3. The first-order valence-corrected chi connectivity index (χ1v) is 14.6. The lowest BCUT2D eigenvalue weighted by atomic mass is 10.0. The molecule has 0 bridgehead atoms. The number of sulfonamides is 1. The van der Waals surface area contributed by atoms with Crippen LogP contribution in [0.2, 0.25) is 0 Å². The molecule has 0 aliphatic heterocycles. The molecule has 3 N–H and O–H groups in total. The van der Waals surface area contributed by atoms with Crippen molar-refractivity contribution in [3.05, 3.63) is 101 Å². The van der Waals surface area contributed by atoms with Crippen LogP contribution >= 0.6 is 0 Å². The van der Waals surface area contributed by atoms with Gasteiger partial charge in [0.05, 0.1) is 22.5 Å². The number of carbonyl (C=O) groups excluding carboxylic acids is 1. The Labute approximate surface area is 233 Å². The van der Waals surface area contributed by atoms with E-state index >= 15 is 0 Å². The summed E-state index contributed by atoms with van der Waals surface area (Å²) in [5.74, 6) is -0.364. The van der Waals surface area contributed by atoms with Gasteiger partial charge in [0.2, 0.25) is 15.9 Å². The Hall–Kier alpha value is -3.21. The average Bonchev–Trinajstić information content (AvgIpc) is 3.28. The quantitative estimate of drug-likeness (QED) is 0.302. The Bertz CT molecular complexity index is 1450.